The molecule has 0 bridgehead atoms. The van der Waals surface area contributed by atoms with Crippen molar-refractivity contribution in [2.75, 3.05) is 25.7 Å². The van der Waals surface area contributed by atoms with E-state index in [2.05, 4.69) is 7.94 Å². The summed E-state index contributed by atoms with van der Waals surface area (Å²) in [5.74, 6) is 0. The van der Waals surface area contributed by atoms with Crippen LogP contribution in [0.15, 0.2) is 0 Å². The summed E-state index contributed by atoms with van der Waals surface area (Å²) in [5.41, 5.74) is -11.4. The average molecular weight is 532 g/mol. The van der Waals surface area contributed by atoms with Crippen LogP contribution in [0.5, 0.6) is 0 Å². The van der Waals surface area contributed by atoms with Gasteiger partial charge in [-0.15, -0.1) is 7.94 Å². The minimum absolute atomic E-state index is 0.402. The normalized spacial score (nSPS) is 19.3. The maximum atomic E-state index is 12.9. The molecule has 0 heterocycles. The molecule has 0 spiro atoms. The molecule has 0 fully saturated rings. The fourth-order valence-electron chi connectivity index (χ4n) is 1.87. The summed E-state index contributed by atoms with van der Waals surface area (Å²) in [7, 11) is -18.9. The third-order valence-electron chi connectivity index (χ3n) is 4.88. The van der Waals surface area contributed by atoms with Crippen LogP contribution >= 0.6 is 15.0 Å². The fraction of sp³-hybridized carbons (Fsp3) is 1.00. The maximum Gasteiger partial charge on any atom is 0.526 e. The number of halogens is 6. The van der Waals surface area contributed by atoms with Crippen LogP contribution in [0.4, 0.5) is 26.3 Å². The number of alkyl halides is 6. The van der Waals surface area contributed by atoms with Crippen LogP contribution in [-0.4, -0.2) is 63.8 Å². The molecule has 16 heteroatoms. The van der Waals surface area contributed by atoms with Crippen LogP contribution in [0.2, 0.25) is 0 Å². The Hall–Kier alpha value is 0.260. The lowest BCUT2D eigenvalue weighted by atomic mass is 10.3. The lowest BCUT2D eigenvalue weighted by Gasteiger charge is -2.36. The van der Waals surface area contributed by atoms with Gasteiger partial charge in [0.15, 0.2) is 15.0 Å². The van der Waals surface area contributed by atoms with E-state index in [0.29, 0.717) is 0 Å². The topological polar surface area (TPSA) is 86.7 Å². The Labute approximate surface area is 175 Å². The molecule has 2 atom stereocenters. The standard InChI is InChI=1S/C14H28F6O6P2S2/c1-11(2,3)27(7,25-29(21,22)13(15,16)17)9-10-28(8,12(4,5)6)26-30(23,24)14(18,19)20/h9-10H2,1-8H3/q+2. The summed E-state index contributed by atoms with van der Waals surface area (Å²) in [5, 5.41) is -2.23. The van der Waals surface area contributed by atoms with E-state index in [9.17, 15) is 43.2 Å². The lowest BCUT2D eigenvalue weighted by Crippen LogP contribution is -2.35. The van der Waals surface area contributed by atoms with Gasteiger partial charge in [0.1, 0.15) is 12.3 Å². The Kier molecular flexibility index (Phi) is 8.63. The van der Waals surface area contributed by atoms with Crippen molar-refractivity contribution in [2.24, 2.45) is 0 Å². The van der Waals surface area contributed by atoms with Gasteiger partial charge in [0.25, 0.3) is 0 Å². The molecule has 0 aromatic carbocycles. The highest BCUT2D eigenvalue weighted by molar-refractivity contribution is 7.96. The molecule has 0 aliphatic heterocycles. The second kappa shape index (κ2) is 8.56. The lowest BCUT2D eigenvalue weighted by molar-refractivity contribution is -0.0504. The van der Waals surface area contributed by atoms with Gasteiger partial charge in [-0.2, -0.15) is 43.2 Å². The second-order valence-corrected chi connectivity index (χ2v) is 20.9. The van der Waals surface area contributed by atoms with Gasteiger partial charge in [-0.1, -0.05) is 0 Å². The minimum Gasteiger partial charge on any atom is -0.186 e. The first-order valence-electron chi connectivity index (χ1n) is 8.38. The number of rotatable bonds is 7. The van der Waals surface area contributed by atoms with Gasteiger partial charge < -0.3 is 0 Å². The van der Waals surface area contributed by atoms with Gasteiger partial charge in [0.05, 0.1) is 23.6 Å². The van der Waals surface area contributed by atoms with Crippen molar-refractivity contribution in [1.82, 2.24) is 0 Å². The van der Waals surface area contributed by atoms with Gasteiger partial charge in [-0.05, 0) is 41.5 Å². The molecule has 0 rings (SSSR count). The molecule has 0 saturated carbocycles. The van der Waals surface area contributed by atoms with E-state index in [1.54, 1.807) is 0 Å². The Bertz CT molecular complexity index is 757. The smallest absolute Gasteiger partial charge is 0.186 e. The van der Waals surface area contributed by atoms with E-state index in [-0.39, 0.29) is 0 Å². The molecular weight excluding hydrogens is 504 g/mol. The molecule has 0 aromatic rings. The molecule has 0 aliphatic carbocycles. The van der Waals surface area contributed by atoms with E-state index in [0.717, 1.165) is 0 Å². The average Bonchev–Trinajstić information content (AvgIpc) is 2.39. The highest BCUT2D eigenvalue weighted by Gasteiger charge is 2.63. The highest BCUT2D eigenvalue weighted by Crippen LogP contribution is 2.74. The molecule has 0 N–H and O–H groups in total. The zero-order valence-electron chi connectivity index (χ0n) is 17.8. The second-order valence-electron chi connectivity index (χ2n) is 8.94. The Morgan fingerprint density at radius 2 is 0.800 bits per heavy atom. The Morgan fingerprint density at radius 1 is 0.600 bits per heavy atom. The highest BCUT2D eigenvalue weighted by atomic mass is 32.2. The van der Waals surface area contributed by atoms with Crippen molar-refractivity contribution < 1.29 is 51.1 Å². The van der Waals surface area contributed by atoms with Crippen LogP contribution < -0.4 is 0 Å². The third-order valence-corrected chi connectivity index (χ3v) is 18.4. The molecule has 2 unspecified atom stereocenters. The SMILES string of the molecule is CC(C)(C)[P+](C)(CC[P+](C)(OS(=O)(=O)C(F)(F)F)C(C)(C)C)OS(=O)(=O)C(F)(F)F. The van der Waals surface area contributed by atoms with Crippen molar-refractivity contribution in [3.63, 3.8) is 0 Å². The molecule has 0 amide bonds. The van der Waals surface area contributed by atoms with Crippen LogP contribution in [-0.2, 0) is 28.2 Å². The zero-order valence-corrected chi connectivity index (χ0v) is 21.3. The van der Waals surface area contributed by atoms with Crippen LogP contribution in [0.3, 0.4) is 0 Å². The summed E-state index contributed by atoms with van der Waals surface area (Å²) in [6.45, 7) is 11.0. The van der Waals surface area contributed by atoms with Crippen molar-refractivity contribution in [3.05, 3.63) is 0 Å². The van der Waals surface area contributed by atoms with E-state index in [1.165, 1.54) is 54.9 Å². The molecule has 0 radical (unpaired) electrons. The zero-order chi connectivity index (χ0) is 24.8. The van der Waals surface area contributed by atoms with Crippen molar-refractivity contribution >= 4 is 35.2 Å². The first kappa shape index (κ1) is 30.3. The van der Waals surface area contributed by atoms with E-state index in [1.807, 2.05) is 0 Å². The predicted octanol–water partition coefficient (Wildman–Crippen LogP) is 5.44. The first-order chi connectivity index (χ1) is 12.6. The Morgan fingerprint density at radius 3 is 0.933 bits per heavy atom. The van der Waals surface area contributed by atoms with Crippen molar-refractivity contribution in [2.45, 2.75) is 62.9 Å². The van der Waals surface area contributed by atoms with Crippen LogP contribution in [0, 0.1) is 0 Å². The first-order valence-corrected chi connectivity index (χ1v) is 15.9. The largest absolute Gasteiger partial charge is 0.526 e. The quantitative estimate of drug-likeness (QED) is 0.247. The monoisotopic (exact) mass is 532 g/mol. The van der Waals surface area contributed by atoms with Crippen molar-refractivity contribution in [1.29, 1.82) is 0 Å². The van der Waals surface area contributed by atoms with Gasteiger partial charge in [0.2, 0.25) is 0 Å². The molecule has 6 nitrogen and oxygen atoms in total. The molecule has 0 aliphatic rings. The molecule has 0 aromatic heterocycles. The fourth-order valence-corrected chi connectivity index (χ4v) is 12.8. The van der Waals surface area contributed by atoms with Crippen LogP contribution in [0.25, 0.3) is 0 Å². The number of hydrogen-bond donors (Lipinski definition) is 0. The molecular formula is C14H28F6O6P2S2+2. The van der Waals surface area contributed by atoms with Crippen LogP contribution in [0.1, 0.15) is 41.5 Å². The maximum absolute atomic E-state index is 12.9. The van der Waals surface area contributed by atoms with Crippen molar-refractivity contribution in [3.8, 4) is 0 Å². The summed E-state index contributed by atoms with van der Waals surface area (Å²) >= 11 is 0. The van der Waals surface area contributed by atoms with E-state index < -0.39 is 68.9 Å². The summed E-state index contributed by atoms with van der Waals surface area (Å²) in [6.07, 6.45) is -0.804. The van der Waals surface area contributed by atoms with E-state index in [4.69, 9.17) is 0 Å². The Balaban J connectivity index is 6.19. The molecule has 182 valence electrons. The van der Waals surface area contributed by atoms with Gasteiger partial charge in [-0.25, -0.2) is 0 Å². The predicted molar refractivity (Wildman–Crippen MR) is 107 cm³/mol. The van der Waals surface area contributed by atoms with Gasteiger partial charge in [-0.3, -0.25) is 0 Å². The minimum atomic E-state index is -5.98. The van der Waals surface area contributed by atoms with Gasteiger partial charge in [0, 0.05) is 0 Å². The summed E-state index contributed by atoms with van der Waals surface area (Å²) in [4.78, 5) is 0. The number of hydrogen-bond acceptors (Lipinski definition) is 6. The third kappa shape index (κ3) is 6.88. The summed E-state index contributed by atoms with van der Waals surface area (Å²) < 4.78 is 133. The summed E-state index contributed by atoms with van der Waals surface area (Å²) in [6, 6.07) is 0. The molecule has 0 saturated heterocycles. The molecule has 30 heavy (non-hydrogen) atoms. The van der Waals surface area contributed by atoms with Gasteiger partial charge >= 0.3 is 31.3 Å². The van der Waals surface area contributed by atoms with E-state index >= 15 is 0 Å².